The van der Waals surface area contributed by atoms with Gasteiger partial charge in [-0.05, 0) is 42.8 Å². The molecule has 0 aliphatic carbocycles. The number of hydrogen-bond donors (Lipinski definition) is 1. The van der Waals surface area contributed by atoms with E-state index in [0.717, 1.165) is 25.0 Å². The first-order valence-corrected chi connectivity index (χ1v) is 7.93. The van der Waals surface area contributed by atoms with E-state index < -0.39 is 0 Å². The molecule has 1 aromatic heterocycles. The minimum Gasteiger partial charge on any atom is -0.454 e. The quantitative estimate of drug-likeness (QED) is 0.679. The summed E-state index contributed by atoms with van der Waals surface area (Å²) in [5, 5.41) is 11.9. The Morgan fingerprint density at radius 2 is 2.35 bits per heavy atom. The fourth-order valence-corrected chi connectivity index (χ4v) is 3.05. The summed E-state index contributed by atoms with van der Waals surface area (Å²) in [5.41, 5.74) is 0.778. The van der Waals surface area contributed by atoms with Crippen molar-refractivity contribution in [1.29, 1.82) is 0 Å². The number of fused-ring (bicyclic) bond motifs is 1. The Labute approximate surface area is 141 Å². The fraction of sp³-hybridized carbons (Fsp3) is 0.357. The number of halogens is 1. The molecule has 1 atom stereocenters. The molecule has 120 valence electrons. The molecule has 23 heavy (non-hydrogen) atoms. The molecule has 7 nitrogen and oxygen atoms in total. The van der Waals surface area contributed by atoms with Gasteiger partial charge in [0.25, 0.3) is 0 Å². The molecule has 1 fully saturated rings. The van der Waals surface area contributed by atoms with Crippen LogP contribution in [0.25, 0.3) is 0 Å². The molecule has 0 amide bonds. The zero-order valence-electron chi connectivity index (χ0n) is 12.0. The van der Waals surface area contributed by atoms with Gasteiger partial charge >= 0.3 is 0 Å². The van der Waals surface area contributed by atoms with Gasteiger partial charge in [-0.25, -0.2) is 0 Å². The van der Waals surface area contributed by atoms with Crippen LogP contribution in [-0.2, 0) is 4.74 Å². The van der Waals surface area contributed by atoms with Crippen LogP contribution in [0.5, 0.6) is 11.5 Å². The van der Waals surface area contributed by atoms with Crippen LogP contribution in [0, 0.1) is 4.77 Å². The van der Waals surface area contributed by atoms with Gasteiger partial charge in [0.2, 0.25) is 11.6 Å². The van der Waals surface area contributed by atoms with Gasteiger partial charge in [0.1, 0.15) is 6.10 Å². The zero-order chi connectivity index (χ0) is 15.8. The molecule has 0 saturated carbocycles. The second-order valence-electron chi connectivity index (χ2n) is 5.18. The van der Waals surface area contributed by atoms with Gasteiger partial charge in [0, 0.05) is 6.61 Å². The summed E-state index contributed by atoms with van der Waals surface area (Å²) >= 11 is 11.4. The van der Waals surface area contributed by atoms with Crippen LogP contribution in [0.2, 0.25) is 5.02 Å². The topological polar surface area (TPSA) is 73.7 Å². The summed E-state index contributed by atoms with van der Waals surface area (Å²) in [7, 11) is 0. The van der Waals surface area contributed by atoms with Crippen LogP contribution in [0.3, 0.4) is 0 Å². The number of aromatic amines is 1. The highest BCUT2D eigenvalue weighted by atomic mass is 35.5. The van der Waals surface area contributed by atoms with E-state index in [1.807, 2.05) is 6.07 Å². The molecule has 0 unspecified atom stereocenters. The SMILES string of the molecule is S=c1[nH]nc([C@@H]2CCCO2)n1/N=C\c1cc(Cl)c2c(c1)OCO2. The average Bonchev–Trinajstić information content (AvgIpc) is 3.25. The van der Waals surface area contributed by atoms with E-state index in [1.54, 1.807) is 17.0 Å². The first-order chi connectivity index (χ1) is 11.2. The summed E-state index contributed by atoms with van der Waals surface area (Å²) in [6.45, 7) is 0.900. The minimum atomic E-state index is -0.0829. The van der Waals surface area contributed by atoms with Gasteiger partial charge in [0.05, 0.1) is 11.2 Å². The van der Waals surface area contributed by atoms with Gasteiger partial charge in [-0.3, -0.25) is 5.10 Å². The Morgan fingerprint density at radius 3 is 3.17 bits per heavy atom. The largest absolute Gasteiger partial charge is 0.454 e. The van der Waals surface area contributed by atoms with E-state index >= 15 is 0 Å². The summed E-state index contributed by atoms with van der Waals surface area (Å²) in [5.74, 6) is 1.84. The van der Waals surface area contributed by atoms with Crippen LogP contribution < -0.4 is 9.47 Å². The summed E-state index contributed by atoms with van der Waals surface area (Å²) in [4.78, 5) is 0. The molecular formula is C14H13ClN4O3S. The maximum absolute atomic E-state index is 6.17. The summed E-state index contributed by atoms with van der Waals surface area (Å²) in [6, 6.07) is 3.57. The first kappa shape index (κ1) is 14.7. The van der Waals surface area contributed by atoms with Crippen molar-refractivity contribution < 1.29 is 14.2 Å². The lowest BCUT2D eigenvalue weighted by Crippen LogP contribution is -2.05. The maximum atomic E-state index is 6.17. The van der Waals surface area contributed by atoms with Crippen molar-refractivity contribution >= 4 is 30.0 Å². The van der Waals surface area contributed by atoms with Crippen molar-refractivity contribution in [3.63, 3.8) is 0 Å². The Bertz CT molecular complexity index is 826. The van der Waals surface area contributed by atoms with Gasteiger partial charge in [0.15, 0.2) is 17.3 Å². The van der Waals surface area contributed by atoms with Crippen LogP contribution >= 0.6 is 23.8 Å². The number of rotatable bonds is 3. The number of nitrogens with one attached hydrogen (secondary N) is 1. The van der Waals surface area contributed by atoms with E-state index in [4.69, 9.17) is 38.0 Å². The predicted octanol–water partition coefficient (Wildman–Crippen LogP) is 3.06. The molecule has 1 saturated heterocycles. The highest BCUT2D eigenvalue weighted by Gasteiger charge is 2.23. The predicted molar refractivity (Wildman–Crippen MR) is 85.9 cm³/mol. The molecule has 2 aliphatic heterocycles. The van der Waals surface area contributed by atoms with Crippen LogP contribution in [-0.4, -0.2) is 34.5 Å². The number of nitrogens with zero attached hydrogens (tertiary/aromatic N) is 3. The Morgan fingerprint density at radius 1 is 1.43 bits per heavy atom. The molecule has 4 rings (SSSR count). The fourth-order valence-electron chi connectivity index (χ4n) is 2.59. The van der Waals surface area contributed by atoms with Crippen molar-refractivity contribution in [3.05, 3.63) is 33.3 Å². The number of benzene rings is 1. The van der Waals surface area contributed by atoms with E-state index in [2.05, 4.69) is 15.3 Å². The van der Waals surface area contributed by atoms with E-state index in [-0.39, 0.29) is 12.9 Å². The van der Waals surface area contributed by atoms with Crippen LogP contribution in [0.15, 0.2) is 17.2 Å². The van der Waals surface area contributed by atoms with Crippen molar-refractivity contribution in [3.8, 4) is 11.5 Å². The van der Waals surface area contributed by atoms with Crippen molar-refractivity contribution in [2.75, 3.05) is 13.4 Å². The lowest BCUT2D eigenvalue weighted by atomic mass is 10.2. The van der Waals surface area contributed by atoms with Gasteiger partial charge in [-0.15, -0.1) is 0 Å². The molecule has 0 radical (unpaired) electrons. The lowest BCUT2D eigenvalue weighted by Gasteiger charge is -2.07. The van der Waals surface area contributed by atoms with Gasteiger partial charge in [-0.2, -0.15) is 14.9 Å². The number of hydrogen-bond acceptors (Lipinski definition) is 6. The van der Waals surface area contributed by atoms with Crippen molar-refractivity contribution in [1.82, 2.24) is 14.9 Å². The third kappa shape index (κ3) is 2.73. The summed E-state index contributed by atoms with van der Waals surface area (Å²) < 4.78 is 18.3. The normalized spacial score (nSPS) is 19.8. The van der Waals surface area contributed by atoms with E-state index in [1.165, 1.54) is 0 Å². The highest BCUT2D eigenvalue weighted by molar-refractivity contribution is 7.71. The zero-order valence-corrected chi connectivity index (χ0v) is 13.6. The third-order valence-corrected chi connectivity index (χ3v) is 4.21. The Balaban J connectivity index is 1.66. The van der Waals surface area contributed by atoms with Crippen molar-refractivity contribution in [2.24, 2.45) is 5.10 Å². The molecule has 2 aliphatic rings. The molecule has 0 bridgehead atoms. The van der Waals surface area contributed by atoms with Crippen molar-refractivity contribution in [2.45, 2.75) is 18.9 Å². The minimum absolute atomic E-state index is 0.0829. The Hall–Kier alpha value is -1.90. The summed E-state index contributed by atoms with van der Waals surface area (Å²) in [6.07, 6.45) is 3.48. The highest BCUT2D eigenvalue weighted by Crippen LogP contribution is 2.39. The second-order valence-corrected chi connectivity index (χ2v) is 5.98. The molecule has 3 heterocycles. The number of H-pyrrole nitrogens is 1. The molecule has 0 spiro atoms. The molecule has 2 aromatic rings. The molecule has 9 heteroatoms. The lowest BCUT2D eigenvalue weighted by molar-refractivity contribution is 0.102. The van der Waals surface area contributed by atoms with Gasteiger partial charge < -0.3 is 14.2 Å². The smallest absolute Gasteiger partial charge is 0.231 e. The first-order valence-electron chi connectivity index (χ1n) is 7.15. The average molecular weight is 353 g/mol. The monoisotopic (exact) mass is 352 g/mol. The third-order valence-electron chi connectivity index (χ3n) is 3.66. The maximum Gasteiger partial charge on any atom is 0.231 e. The number of ether oxygens (including phenoxy) is 3. The standard InChI is InChI=1S/C14H13ClN4O3S/c15-9-4-8(5-11-12(9)22-7-21-11)6-16-19-13(17-18-14(19)23)10-2-1-3-20-10/h4-6,10H,1-3,7H2,(H,18,23)/b16-6-/t10-/m0/s1. The number of aromatic nitrogens is 3. The molecular weight excluding hydrogens is 340 g/mol. The molecule has 1 aromatic carbocycles. The Kier molecular flexibility index (Phi) is 3.80. The second kappa shape index (κ2) is 5.95. The van der Waals surface area contributed by atoms with Crippen LogP contribution in [0.1, 0.15) is 30.3 Å². The van der Waals surface area contributed by atoms with E-state index in [9.17, 15) is 0 Å². The van der Waals surface area contributed by atoms with E-state index in [0.29, 0.717) is 27.1 Å². The molecule has 1 N–H and O–H groups in total. The van der Waals surface area contributed by atoms with Gasteiger partial charge in [-0.1, -0.05) is 11.6 Å². The van der Waals surface area contributed by atoms with Crippen LogP contribution in [0.4, 0.5) is 0 Å².